The molecule has 96 valence electrons. The third-order valence-corrected chi connectivity index (χ3v) is 3.26. The molecule has 1 heterocycles. The number of para-hydroxylation sites is 1. The minimum Gasteiger partial charge on any atom is -0.388 e. The quantitative estimate of drug-likeness (QED) is 0.671. The normalized spacial score (nSPS) is 11.1. The molecule has 0 bridgehead atoms. The predicted octanol–water partition coefficient (Wildman–Crippen LogP) is 2.74. The molecule has 2 N–H and O–H groups in total. The molecule has 0 saturated carbocycles. The Balaban J connectivity index is 2.56. The molecule has 0 aliphatic rings. The second kappa shape index (κ2) is 5.59. The molecule has 0 aliphatic heterocycles. The first-order valence-corrected chi connectivity index (χ1v) is 6.23. The van der Waals surface area contributed by atoms with Crippen LogP contribution >= 0.6 is 24.0 Å². The van der Waals surface area contributed by atoms with E-state index in [0.717, 1.165) is 0 Å². The SMILES string of the molecule is OCc1n[nH]c(=S)n1-c1ccccc1SC(F)F. The zero-order valence-corrected chi connectivity index (χ0v) is 10.6. The van der Waals surface area contributed by atoms with Gasteiger partial charge in [0.1, 0.15) is 6.61 Å². The van der Waals surface area contributed by atoms with E-state index in [4.69, 9.17) is 17.3 Å². The van der Waals surface area contributed by atoms with Gasteiger partial charge in [0.15, 0.2) is 10.6 Å². The number of aliphatic hydroxyl groups is 1. The predicted molar refractivity (Wildman–Crippen MR) is 66.5 cm³/mol. The van der Waals surface area contributed by atoms with E-state index >= 15 is 0 Å². The number of thioether (sulfide) groups is 1. The summed E-state index contributed by atoms with van der Waals surface area (Å²) in [4.78, 5) is 0.375. The first kappa shape index (κ1) is 13.2. The molecule has 0 aliphatic carbocycles. The molecule has 8 heteroatoms. The molecule has 0 radical (unpaired) electrons. The largest absolute Gasteiger partial charge is 0.388 e. The highest BCUT2D eigenvalue weighted by atomic mass is 32.2. The van der Waals surface area contributed by atoms with Crippen LogP contribution in [-0.2, 0) is 6.61 Å². The Labute approximate surface area is 111 Å². The van der Waals surface area contributed by atoms with Crippen molar-refractivity contribution in [1.29, 1.82) is 0 Å². The summed E-state index contributed by atoms with van der Waals surface area (Å²) in [5.74, 6) is -2.24. The lowest BCUT2D eigenvalue weighted by Gasteiger charge is -2.10. The lowest BCUT2D eigenvalue weighted by atomic mass is 10.3. The van der Waals surface area contributed by atoms with Gasteiger partial charge in [0, 0.05) is 4.90 Å². The van der Waals surface area contributed by atoms with Crippen LogP contribution in [0.2, 0.25) is 0 Å². The molecular weight excluding hydrogens is 280 g/mol. The van der Waals surface area contributed by atoms with Crippen LogP contribution in [0.4, 0.5) is 8.78 Å². The average molecular weight is 289 g/mol. The Morgan fingerprint density at radius 2 is 2.17 bits per heavy atom. The highest BCUT2D eigenvalue weighted by Gasteiger charge is 2.14. The number of aromatic nitrogens is 3. The second-order valence-corrected chi connectivity index (χ2v) is 4.70. The molecule has 4 nitrogen and oxygen atoms in total. The van der Waals surface area contributed by atoms with E-state index in [1.54, 1.807) is 24.3 Å². The first-order valence-electron chi connectivity index (χ1n) is 4.95. The molecule has 0 spiro atoms. The van der Waals surface area contributed by atoms with Crippen molar-refractivity contribution in [3.63, 3.8) is 0 Å². The standard InChI is InChI=1S/C10H9F2N3OS2/c11-9(12)18-7-4-2-1-3-6(7)15-8(5-16)13-14-10(15)17/h1-4,9,16H,5H2,(H,14,17). The number of hydrogen-bond acceptors (Lipinski definition) is 4. The third-order valence-electron chi connectivity index (χ3n) is 2.21. The molecular formula is C10H9F2N3OS2. The van der Waals surface area contributed by atoms with E-state index in [1.165, 1.54) is 4.57 Å². The van der Waals surface area contributed by atoms with Crippen LogP contribution in [0.3, 0.4) is 0 Å². The average Bonchev–Trinajstić information content (AvgIpc) is 2.70. The topological polar surface area (TPSA) is 53.8 Å². The van der Waals surface area contributed by atoms with Crippen molar-refractivity contribution in [2.24, 2.45) is 0 Å². The van der Waals surface area contributed by atoms with E-state index in [9.17, 15) is 8.78 Å². The number of benzene rings is 1. The molecule has 18 heavy (non-hydrogen) atoms. The van der Waals surface area contributed by atoms with Gasteiger partial charge in [0.05, 0.1) is 5.69 Å². The third kappa shape index (κ3) is 2.60. The number of halogens is 2. The van der Waals surface area contributed by atoms with Crippen LogP contribution in [-0.4, -0.2) is 25.6 Å². The maximum absolute atomic E-state index is 12.5. The Hall–Kier alpha value is -1.25. The van der Waals surface area contributed by atoms with Crippen molar-refractivity contribution in [2.75, 3.05) is 0 Å². The zero-order valence-electron chi connectivity index (χ0n) is 9.01. The van der Waals surface area contributed by atoms with E-state index in [1.807, 2.05) is 0 Å². The summed E-state index contributed by atoms with van der Waals surface area (Å²) in [6, 6.07) is 6.59. The summed E-state index contributed by atoms with van der Waals surface area (Å²) in [6.45, 7) is -0.333. The molecule has 0 saturated heterocycles. The molecule has 1 aromatic carbocycles. The number of nitrogens with one attached hydrogen (secondary N) is 1. The highest BCUT2D eigenvalue weighted by Crippen LogP contribution is 2.31. The van der Waals surface area contributed by atoms with Crippen molar-refractivity contribution in [3.8, 4) is 5.69 Å². The van der Waals surface area contributed by atoms with Crippen molar-refractivity contribution in [3.05, 3.63) is 34.9 Å². The zero-order chi connectivity index (χ0) is 13.1. The van der Waals surface area contributed by atoms with Crippen molar-refractivity contribution < 1.29 is 13.9 Å². The van der Waals surface area contributed by atoms with Gasteiger partial charge in [-0.3, -0.25) is 9.67 Å². The molecule has 0 atom stereocenters. The number of nitrogens with zero attached hydrogens (tertiary/aromatic N) is 2. The minimum absolute atomic E-state index is 0.251. The van der Waals surface area contributed by atoms with Gasteiger partial charge in [-0.25, -0.2) is 0 Å². The van der Waals surface area contributed by atoms with Crippen LogP contribution in [0.1, 0.15) is 5.82 Å². The number of hydrogen-bond donors (Lipinski definition) is 2. The van der Waals surface area contributed by atoms with Crippen LogP contribution < -0.4 is 0 Å². The van der Waals surface area contributed by atoms with E-state index < -0.39 is 5.76 Å². The summed E-state index contributed by atoms with van der Waals surface area (Å²) < 4.78 is 26.7. The Morgan fingerprint density at radius 1 is 1.44 bits per heavy atom. The van der Waals surface area contributed by atoms with Crippen molar-refractivity contribution >= 4 is 24.0 Å². The van der Waals surface area contributed by atoms with Gasteiger partial charge in [0.25, 0.3) is 5.76 Å². The molecule has 2 rings (SSSR count). The lowest BCUT2D eigenvalue weighted by Crippen LogP contribution is -2.03. The second-order valence-electron chi connectivity index (χ2n) is 3.28. The van der Waals surface area contributed by atoms with Gasteiger partial charge in [-0.05, 0) is 24.4 Å². The molecule has 0 unspecified atom stereocenters. The molecule has 0 amide bonds. The summed E-state index contributed by atoms with van der Waals surface area (Å²) in [5.41, 5.74) is 0.477. The fraction of sp³-hybridized carbons (Fsp3) is 0.200. The lowest BCUT2D eigenvalue weighted by molar-refractivity contribution is 0.252. The monoisotopic (exact) mass is 289 g/mol. The summed E-state index contributed by atoms with van der Waals surface area (Å²) >= 11 is 5.46. The number of H-pyrrole nitrogens is 1. The van der Waals surface area contributed by atoms with Gasteiger partial charge < -0.3 is 5.11 Å². The fourth-order valence-corrected chi connectivity index (χ4v) is 2.40. The van der Waals surface area contributed by atoms with E-state index in [0.29, 0.717) is 22.3 Å². The number of rotatable bonds is 4. The van der Waals surface area contributed by atoms with Crippen LogP contribution in [0.25, 0.3) is 5.69 Å². The van der Waals surface area contributed by atoms with Gasteiger partial charge in [-0.1, -0.05) is 23.9 Å². The number of aromatic amines is 1. The Kier molecular flexibility index (Phi) is 4.10. The Bertz CT molecular complexity index is 597. The van der Waals surface area contributed by atoms with E-state index in [-0.39, 0.29) is 17.2 Å². The first-order chi connectivity index (χ1) is 8.63. The number of alkyl halides is 2. The van der Waals surface area contributed by atoms with Gasteiger partial charge >= 0.3 is 0 Å². The maximum atomic E-state index is 12.5. The molecule has 2 aromatic rings. The highest BCUT2D eigenvalue weighted by molar-refractivity contribution is 7.99. The number of aliphatic hydroxyl groups excluding tert-OH is 1. The summed E-state index contributed by atoms with van der Waals surface area (Å²) in [7, 11) is 0. The fourth-order valence-electron chi connectivity index (χ4n) is 1.52. The van der Waals surface area contributed by atoms with Crippen LogP contribution in [0.15, 0.2) is 29.2 Å². The van der Waals surface area contributed by atoms with Crippen LogP contribution in [0, 0.1) is 4.77 Å². The van der Waals surface area contributed by atoms with Crippen molar-refractivity contribution in [2.45, 2.75) is 17.3 Å². The Morgan fingerprint density at radius 3 is 2.83 bits per heavy atom. The van der Waals surface area contributed by atoms with Gasteiger partial charge in [-0.15, -0.1) is 0 Å². The van der Waals surface area contributed by atoms with Gasteiger partial charge in [-0.2, -0.15) is 13.9 Å². The molecule has 1 aromatic heterocycles. The van der Waals surface area contributed by atoms with Crippen molar-refractivity contribution in [1.82, 2.24) is 14.8 Å². The summed E-state index contributed by atoms with van der Waals surface area (Å²) in [5, 5.41) is 15.5. The smallest absolute Gasteiger partial charge is 0.288 e. The minimum atomic E-state index is -2.52. The molecule has 0 fully saturated rings. The maximum Gasteiger partial charge on any atom is 0.288 e. The van der Waals surface area contributed by atoms with Gasteiger partial charge in [0.2, 0.25) is 0 Å². The van der Waals surface area contributed by atoms with E-state index in [2.05, 4.69) is 10.2 Å². The summed E-state index contributed by atoms with van der Waals surface area (Å²) in [6.07, 6.45) is 0. The van der Waals surface area contributed by atoms with Crippen LogP contribution in [0.5, 0.6) is 0 Å².